The van der Waals surface area contributed by atoms with Crippen LogP contribution in [-0.2, 0) is 14.3 Å². The van der Waals surface area contributed by atoms with E-state index >= 15 is 0 Å². The number of hydrogen-bond acceptors (Lipinski definition) is 4. The van der Waals surface area contributed by atoms with E-state index in [1.807, 2.05) is 0 Å². The second-order valence-electron chi connectivity index (χ2n) is 5.74. The Balaban J connectivity index is 1.75. The number of rotatable bonds is 5. The molecular formula is C14H21F3N2O4. The lowest BCUT2D eigenvalue weighted by Gasteiger charge is -2.23. The smallest absolute Gasteiger partial charge is 0.422 e. The number of nitrogens with one attached hydrogen (secondary N) is 1. The molecule has 1 N–H and O–H groups in total. The Morgan fingerprint density at radius 1 is 1.26 bits per heavy atom. The van der Waals surface area contributed by atoms with Gasteiger partial charge in [0, 0.05) is 19.7 Å². The van der Waals surface area contributed by atoms with Gasteiger partial charge in [0.1, 0.15) is 6.04 Å². The van der Waals surface area contributed by atoms with Gasteiger partial charge in [-0.3, -0.25) is 9.69 Å². The molecule has 9 heteroatoms. The number of carbonyl (C=O) groups excluding carboxylic acids is 2. The van der Waals surface area contributed by atoms with Crippen LogP contribution in [0.15, 0.2) is 0 Å². The molecule has 23 heavy (non-hydrogen) atoms. The number of likely N-dealkylation sites (tertiary alicyclic amines) is 1. The molecule has 0 bridgehead atoms. The van der Waals surface area contributed by atoms with Gasteiger partial charge in [0.15, 0.2) is 6.61 Å². The molecule has 2 amide bonds. The van der Waals surface area contributed by atoms with Crippen molar-refractivity contribution in [3.8, 4) is 0 Å². The number of amides is 2. The molecule has 132 valence electrons. The fraction of sp³-hybridized carbons (Fsp3) is 0.857. The number of carbonyl (C=O) groups is 2. The third-order valence-electron chi connectivity index (χ3n) is 3.94. The van der Waals surface area contributed by atoms with Crippen molar-refractivity contribution >= 4 is 12.0 Å². The van der Waals surface area contributed by atoms with E-state index in [4.69, 9.17) is 4.74 Å². The summed E-state index contributed by atoms with van der Waals surface area (Å²) in [6.07, 6.45) is -1.87. The van der Waals surface area contributed by atoms with Crippen LogP contribution in [0, 0.1) is 0 Å². The van der Waals surface area contributed by atoms with Gasteiger partial charge in [0.25, 0.3) is 0 Å². The number of halogens is 3. The monoisotopic (exact) mass is 338 g/mol. The topological polar surface area (TPSA) is 67.9 Å². The molecule has 0 saturated carbocycles. The maximum absolute atomic E-state index is 12.1. The molecule has 2 saturated heterocycles. The molecule has 2 aliphatic rings. The molecule has 0 aromatic carbocycles. The molecule has 0 aromatic rings. The third-order valence-corrected chi connectivity index (χ3v) is 3.94. The average Bonchev–Trinajstić information content (AvgIpc) is 3.14. The van der Waals surface area contributed by atoms with Crippen LogP contribution < -0.4 is 5.32 Å². The summed E-state index contributed by atoms with van der Waals surface area (Å²) in [5.41, 5.74) is 0. The van der Waals surface area contributed by atoms with Crippen LogP contribution in [0.5, 0.6) is 0 Å². The second-order valence-corrected chi connectivity index (χ2v) is 5.74. The van der Waals surface area contributed by atoms with Gasteiger partial charge in [-0.05, 0) is 32.1 Å². The van der Waals surface area contributed by atoms with Gasteiger partial charge in [0.05, 0.1) is 6.10 Å². The standard InChI is InChI=1S/C14H21F3N2O4/c15-14(16,17)9-23-13(21)19-7-1-4-11(19)12(20)18-6-5-10-3-2-8-22-10/h10-11H,1-9H2,(H,18,20)/t10-,11-/m1/s1. The minimum absolute atomic E-state index is 0.145. The number of nitrogens with zero attached hydrogens (tertiary/aromatic N) is 1. The molecule has 2 fully saturated rings. The second kappa shape index (κ2) is 7.85. The van der Waals surface area contributed by atoms with Gasteiger partial charge < -0.3 is 14.8 Å². The van der Waals surface area contributed by atoms with E-state index in [9.17, 15) is 22.8 Å². The van der Waals surface area contributed by atoms with Gasteiger partial charge in [-0.25, -0.2) is 4.79 Å². The van der Waals surface area contributed by atoms with E-state index in [1.165, 1.54) is 0 Å². The van der Waals surface area contributed by atoms with Gasteiger partial charge in [0.2, 0.25) is 5.91 Å². The first-order chi connectivity index (χ1) is 10.9. The molecule has 0 unspecified atom stereocenters. The lowest BCUT2D eigenvalue weighted by Crippen LogP contribution is -2.47. The van der Waals surface area contributed by atoms with Gasteiger partial charge in [-0.2, -0.15) is 13.2 Å². The summed E-state index contributed by atoms with van der Waals surface area (Å²) < 4.78 is 45.9. The summed E-state index contributed by atoms with van der Waals surface area (Å²) >= 11 is 0. The zero-order valence-electron chi connectivity index (χ0n) is 12.7. The Bertz CT molecular complexity index is 425. The van der Waals surface area contributed by atoms with Crippen molar-refractivity contribution in [2.45, 2.75) is 50.4 Å². The number of alkyl halides is 3. The Morgan fingerprint density at radius 2 is 2.04 bits per heavy atom. The van der Waals surface area contributed by atoms with Crippen LogP contribution >= 0.6 is 0 Å². The van der Waals surface area contributed by atoms with E-state index in [0.29, 0.717) is 25.8 Å². The highest BCUT2D eigenvalue weighted by atomic mass is 19.4. The van der Waals surface area contributed by atoms with Gasteiger partial charge >= 0.3 is 12.3 Å². The van der Waals surface area contributed by atoms with Crippen molar-refractivity contribution in [3.05, 3.63) is 0 Å². The predicted octanol–water partition coefficient (Wildman–Crippen LogP) is 1.83. The molecule has 0 spiro atoms. The maximum Gasteiger partial charge on any atom is 0.422 e. The van der Waals surface area contributed by atoms with Crippen molar-refractivity contribution in [1.29, 1.82) is 0 Å². The van der Waals surface area contributed by atoms with E-state index in [-0.39, 0.29) is 18.6 Å². The van der Waals surface area contributed by atoms with Crippen LogP contribution in [0.25, 0.3) is 0 Å². The summed E-state index contributed by atoms with van der Waals surface area (Å²) in [4.78, 5) is 24.9. The highest BCUT2D eigenvalue weighted by Gasteiger charge is 2.37. The minimum Gasteiger partial charge on any atom is -0.440 e. The Labute approximate surface area is 132 Å². The number of ether oxygens (including phenoxy) is 2. The minimum atomic E-state index is -4.57. The summed E-state index contributed by atoms with van der Waals surface area (Å²) in [5, 5.41) is 2.72. The van der Waals surface area contributed by atoms with Crippen molar-refractivity contribution in [1.82, 2.24) is 10.2 Å². The molecule has 2 atom stereocenters. The van der Waals surface area contributed by atoms with Gasteiger partial charge in [-0.1, -0.05) is 0 Å². The molecule has 0 aliphatic carbocycles. The van der Waals surface area contributed by atoms with Crippen LogP contribution in [0.3, 0.4) is 0 Å². The molecule has 2 heterocycles. The summed E-state index contributed by atoms with van der Waals surface area (Å²) in [6.45, 7) is -0.262. The summed E-state index contributed by atoms with van der Waals surface area (Å²) in [5.74, 6) is -0.357. The molecular weight excluding hydrogens is 317 g/mol. The lowest BCUT2D eigenvalue weighted by atomic mass is 10.1. The fourth-order valence-corrected chi connectivity index (χ4v) is 2.83. The quantitative estimate of drug-likeness (QED) is 0.830. The largest absolute Gasteiger partial charge is 0.440 e. The average molecular weight is 338 g/mol. The van der Waals surface area contributed by atoms with Crippen LogP contribution in [0.4, 0.5) is 18.0 Å². The fourth-order valence-electron chi connectivity index (χ4n) is 2.83. The Hall–Kier alpha value is -1.51. The van der Waals surface area contributed by atoms with E-state index in [1.54, 1.807) is 0 Å². The van der Waals surface area contributed by atoms with Crippen LogP contribution in [-0.4, -0.2) is 61.5 Å². The van der Waals surface area contributed by atoms with E-state index in [0.717, 1.165) is 24.3 Å². The molecule has 0 aromatic heterocycles. The molecule has 0 radical (unpaired) electrons. The first kappa shape index (κ1) is 17.8. The van der Waals surface area contributed by atoms with Crippen molar-refractivity contribution in [2.75, 3.05) is 26.3 Å². The zero-order valence-corrected chi connectivity index (χ0v) is 12.7. The SMILES string of the molecule is O=C(NCC[C@H]1CCCO1)[C@H]1CCCN1C(=O)OCC(F)(F)F. The van der Waals surface area contributed by atoms with Gasteiger partial charge in [-0.15, -0.1) is 0 Å². The third kappa shape index (κ3) is 5.56. The van der Waals surface area contributed by atoms with Crippen LogP contribution in [0.1, 0.15) is 32.1 Å². The Kier molecular flexibility index (Phi) is 6.09. The van der Waals surface area contributed by atoms with Crippen molar-refractivity contribution < 1.29 is 32.2 Å². The first-order valence-corrected chi connectivity index (χ1v) is 7.76. The lowest BCUT2D eigenvalue weighted by molar-refractivity contribution is -0.162. The summed E-state index contributed by atoms with van der Waals surface area (Å²) in [7, 11) is 0. The van der Waals surface area contributed by atoms with Crippen LogP contribution in [0.2, 0.25) is 0 Å². The Morgan fingerprint density at radius 3 is 2.70 bits per heavy atom. The first-order valence-electron chi connectivity index (χ1n) is 7.76. The van der Waals surface area contributed by atoms with Crippen molar-refractivity contribution in [3.63, 3.8) is 0 Å². The maximum atomic E-state index is 12.1. The van der Waals surface area contributed by atoms with Crippen molar-refractivity contribution in [2.24, 2.45) is 0 Å². The molecule has 6 nitrogen and oxygen atoms in total. The molecule has 2 aliphatic heterocycles. The zero-order chi connectivity index (χ0) is 16.9. The van der Waals surface area contributed by atoms with E-state index < -0.39 is 24.9 Å². The normalized spacial score (nSPS) is 24.7. The highest BCUT2D eigenvalue weighted by molar-refractivity contribution is 5.86. The summed E-state index contributed by atoms with van der Waals surface area (Å²) in [6, 6.07) is -0.764. The van der Waals surface area contributed by atoms with E-state index in [2.05, 4.69) is 10.1 Å². The molecule has 2 rings (SSSR count). The number of hydrogen-bond donors (Lipinski definition) is 1. The predicted molar refractivity (Wildman–Crippen MR) is 73.7 cm³/mol. The highest BCUT2D eigenvalue weighted by Crippen LogP contribution is 2.21.